The van der Waals surface area contributed by atoms with Gasteiger partial charge >= 0.3 is 0 Å². The molecule has 13 rings (SSSR count). The first-order valence-electron chi connectivity index (χ1n) is 20.0. The first kappa shape index (κ1) is 32.5. The SMILES string of the molecule is c1ccc(-c2nc(-c3cccc(-c4cc5ccc6cccc7c8cccc9ccc%10cccc(c(c4)c5c67)c%10c98)c3)nc(-c3cccc4sc5ccccc5c34)n2)cc1. The van der Waals surface area contributed by atoms with E-state index in [0.717, 1.165) is 27.8 Å². The Bertz CT molecular complexity index is 3840. The van der Waals surface area contributed by atoms with E-state index in [0.29, 0.717) is 17.5 Å². The first-order chi connectivity index (χ1) is 29.2. The summed E-state index contributed by atoms with van der Waals surface area (Å²) in [5.41, 5.74) is 5.16. The lowest BCUT2D eigenvalue weighted by Gasteiger charge is -2.17. The molecule has 0 atom stereocenters. The molecular weight excluding hydrogens is 735 g/mol. The zero-order valence-electron chi connectivity index (χ0n) is 31.6. The number of rotatable bonds is 4. The maximum atomic E-state index is 5.27. The Kier molecular flexibility index (Phi) is 6.89. The van der Waals surface area contributed by atoms with Gasteiger partial charge in [-0.2, -0.15) is 0 Å². The van der Waals surface area contributed by atoms with E-state index in [1.165, 1.54) is 84.8 Å². The van der Waals surface area contributed by atoms with Crippen LogP contribution in [0, 0.1) is 0 Å². The van der Waals surface area contributed by atoms with Crippen molar-refractivity contribution >= 4 is 96.1 Å². The lowest BCUT2D eigenvalue weighted by molar-refractivity contribution is 1.08. The van der Waals surface area contributed by atoms with Crippen LogP contribution in [0.15, 0.2) is 188 Å². The van der Waals surface area contributed by atoms with E-state index >= 15 is 0 Å². The fourth-order valence-corrected chi connectivity index (χ4v) is 10.7. The molecule has 0 bridgehead atoms. The van der Waals surface area contributed by atoms with Crippen molar-refractivity contribution in [3.63, 3.8) is 0 Å². The molecule has 0 aliphatic heterocycles. The summed E-state index contributed by atoms with van der Waals surface area (Å²) in [6.07, 6.45) is 0. The van der Waals surface area contributed by atoms with Crippen LogP contribution < -0.4 is 0 Å². The molecule has 0 spiro atoms. The third kappa shape index (κ3) is 4.91. The summed E-state index contributed by atoms with van der Waals surface area (Å²) >= 11 is 1.80. The Hall–Kier alpha value is -7.53. The van der Waals surface area contributed by atoms with Gasteiger partial charge in [-0.05, 0) is 106 Å². The van der Waals surface area contributed by atoms with Gasteiger partial charge in [0.1, 0.15) is 0 Å². The van der Waals surface area contributed by atoms with Gasteiger partial charge in [0.15, 0.2) is 17.5 Å². The van der Waals surface area contributed by atoms with E-state index in [1.54, 1.807) is 11.3 Å². The van der Waals surface area contributed by atoms with Crippen molar-refractivity contribution in [3.8, 4) is 45.3 Å². The predicted octanol–water partition coefficient (Wildman–Crippen LogP) is 15.3. The zero-order chi connectivity index (χ0) is 38.6. The molecule has 59 heavy (non-hydrogen) atoms. The van der Waals surface area contributed by atoms with Crippen molar-refractivity contribution in [2.45, 2.75) is 0 Å². The minimum absolute atomic E-state index is 0.645. The molecular formula is C55H31N3S. The molecule has 2 aromatic heterocycles. The van der Waals surface area contributed by atoms with E-state index in [4.69, 9.17) is 15.0 Å². The highest BCUT2D eigenvalue weighted by atomic mass is 32.1. The van der Waals surface area contributed by atoms with Crippen LogP contribution in [-0.4, -0.2) is 15.0 Å². The third-order valence-corrected chi connectivity index (χ3v) is 13.3. The van der Waals surface area contributed by atoms with Crippen LogP contribution in [0.5, 0.6) is 0 Å². The van der Waals surface area contributed by atoms with Crippen LogP contribution in [0.25, 0.3) is 130 Å². The molecule has 2 heterocycles. The summed E-state index contributed by atoms with van der Waals surface area (Å²) in [4.78, 5) is 15.6. The van der Waals surface area contributed by atoms with Gasteiger partial charge in [0.25, 0.3) is 0 Å². The minimum atomic E-state index is 0.645. The van der Waals surface area contributed by atoms with Gasteiger partial charge < -0.3 is 0 Å². The predicted molar refractivity (Wildman–Crippen MR) is 251 cm³/mol. The highest BCUT2D eigenvalue weighted by Gasteiger charge is 2.19. The topological polar surface area (TPSA) is 38.7 Å². The minimum Gasteiger partial charge on any atom is -0.208 e. The van der Waals surface area contributed by atoms with Crippen LogP contribution >= 0.6 is 11.3 Å². The number of hydrogen-bond acceptors (Lipinski definition) is 4. The second-order valence-corrected chi connectivity index (χ2v) is 16.6. The van der Waals surface area contributed by atoms with Crippen LogP contribution in [0.4, 0.5) is 0 Å². The molecule has 11 aromatic carbocycles. The summed E-state index contributed by atoms with van der Waals surface area (Å²) in [7, 11) is 0. The summed E-state index contributed by atoms with van der Waals surface area (Å²) < 4.78 is 2.47. The number of hydrogen-bond donors (Lipinski definition) is 0. The highest BCUT2D eigenvalue weighted by molar-refractivity contribution is 7.25. The van der Waals surface area contributed by atoms with Gasteiger partial charge in [-0.25, -0.2) is 15.0 Å². The second kappa shape index (κ2) is 12.5. The molecule has 3 nitrogen and oxygen atoms in total. The molecule has 4 heteroatoms. The van der Waals surface area contributed by atoms with E-state index in [-0.39, 0.29) is 0 Å². The van der Waals surface area contributed by atoms with Crippen molar-refractivity contribution in [2.75, 3.05) is 0 Å². The Morgan fingerprint density at radius 1 is 0.271 bits per heavy atom. The van der Waals surface area contributed by atoms with Crippen molar-refractivity contribution in [2.24, 2.45) is 0 Å². The van der Waals surface area contributed by atoms with Crippen molar-refractivity contribution in [3.05, 3.63) is 188 Å². The van der Waals surface area contributed by atoms with Crippen molar-refractivity contribution in [1.29, 1.82) is 0 Å². The maximum absolute atomic E-state index is 5.27. The third-order valence-electron chi connectivity index (χ3n) is 12.2. The molecule has 0 saturated heterocycles. The zero-order valence-corrected chi connectivity index (χ0v) is 32.5. The molecule has 0 unspecified atom stereocenters. The summed E-state index contributed by atoms with van der Waals surface area (Å²) in [6, 6.07) is 68.2. The molecule has 13 aromatic rings. The van der Waals surface area contributed by atoms with E-state index < -0.39 is 0 Å². The van der Waals surface area contributed by atoms with Crippen LogP contribution in [0.3, 0.4) is 0 Å². The lowest BCUT2D eigenvalue weighted by Crippen LogP contribution is -2.00. The normalized spacial score (nSPS) is 12.1. The number of aromatic nitrogens is 3. The molecule has 0 aliphatic carbocycles. The smallest absolute Gasteiger partial charge is 0.164 e. The van der Waals surface area contributed by atoms with Gasteiger partial charge in [0.05, 0.1) is 0 Å². The van der Waals surface area contributed by atoms with Gasteiger partial charge in [0.2, 0.25) is 0 Å². The highest BCUT2D eigenvalue weighted by Crippen LogP contribution is 2.45. The van der Waals surface area contributed by atoms with Gasteiger partial charge in [0, 0.05) is 36.9 Å². The number of benzene rings is 10. The molecule has 272 valence electrons. The Morgan fingerprint density at radius 2 is 0.780 bits per heavy atom. The number of nitrogens with zero attached hydrogens (tertiary/aromatic N) is 3. The summed E-state index contributed by atoms with van der Waals surface area (Å²) in [5.74, 6) is 1.97. The molecule has 0 aliphatic rings. The fourth-order valence-electron chi connectivity index (χ4n) is 9.59. The largest absolute Gasteiger partial charge is 0.208 e. The molecule has 0 radical (unpaired) electrons. The Labute approximate surface area is 342 Å². The number of fused-ring (bicyclic) bond motifs is 5. The van der Waals surface area contributed by atoms with Gasteiger partial charge in [-0.1, -0.05) is 158 Å². The second-order valence-electron chi connectivity index (χ2n) is 15.5. The quantitative estimate of drug-likeness (QED) is 0.168. The molecule has 0 N–H and O–H groups in total. The van der Waals surface area contributed by atoms with E-state index in [1.807, 2.05) is 18.2 Å². The van der Waals surface area contributed by atoms with E-state index in [2.05, 4.69) is 170 Å². The van der Waals surface area contributed by atoms with Crippen LogP contribution in [0.1, 0.15) is 0 Å². The Morgan fingerprint density at radius 3 is 1.51 bits per heavy atom. The van der Waals surface area contributed by atoms with Crippen molar-refractivity contribution < 1.29 is 0 Å². The lowest BCUT2D eigenvalue weighted by atomic mass is 9.86. The fraction of sp³-hybridized carbons (Fsp3) is 0. The summed E-state index contributed by atoms with van der Waals surface area (Å²) in [6.45, 7) is 0. The molecule has 0 amide bonds. The van der Waals surface area contributed by atoms with Gasteiger partial charge in [-0.3, -0.25) is 0 Å². The van der Waals surface area contributed by atoms with Crippen molar-refractivity contribution in [1.82, 2.24) is 15.0 Å². The maximum Gasteiger partial charge on any atom is 0.164 e. The number of thiophene rings is 1. The molecule has 0 saturated carbocycles. The monoisotopic (exact) mass is 765 g/mol. The molecule has 0 fully saturated rings. The average Bonchev–Trinajstić information content (AvgIpc) is 3.69. The standard InChI is InChI=1S/C55H31N3S/c1-2-11-35(12-3-1)53-56-54(58-55(57-53)44-22-10-24-47-52(44)43-18-4-5-23-46(43)59-47)38-17-6-16-36(29-38)39-30-37-28-27-34-14-8-20-41-40-19-7-13-32-25-26-33-15-9-21-42(50(33)48(32)40)45(31-39)51(37)49(34)41/h1-31H. The van der Waals surface area contributed by atoms with Crippen LogP contribution in [0.2, 0.25) is 0 Å². The van der Waals surface area contributed by atoms with Crippen LogP contribution in [-0.2, 0) is 0 Å². The summed E-state index contributed by atoms with van der Waals surface area (Å²) in [5, 5.41) is 17.7. The first-order valence-corrected chi connectivity index (χ1v) is 20.8. The average molecular weight is 766 g/mol. The van der Waals surface area contributed by atoms with E-state index in [9.17, 15) is 0 Å². The Balaban J connectivity index is 1.07. The van der Waals surface area contributed by atoms with Gasteiger partial charge in [-0.15, -0.1) is 11.3 Å².